The monoisotopic (exact) mass is 428 g/mol. The van der Waals surface area contributed by atoms with Crippen molar-refractivity contribution in [3.63, 3.8) is 0 Å². The first-order chi connectivity index (χ1) is 14.7. The zero-order valence-corrected chi connectivity index (χ0v) is 20.8. The Balaban J connectivity index is 0. The van der Waals surface area contributed by atoms with E-state index in [0.717, 1.165) is 19.8 Å². The molecule has 0 unspecified atom stereocenters. The molecule has 0 heterocycles. The van der Waals surface area contributed by atoms with Gasteiger partial charge >= 0.3 is 0 Å². The zero-order valence-electron chi connectivity index (χ0n) is 20.8. The van der Waals surface area contributed by atoms with Gasteiger partial charge < -0.3 is 0 Å². The molecule has 0 radical (unpaired) electrons. The molecule has 172 valence electrons. The maximum atomic E-state index is 10.3. The van der Waals surface area contributed by atoms with E-state index in [1.54, 1.807) is 6.08 Å². The Bertz CT molecular complexity index is 780. The Kier molecular flexibility index (Phi) is 19.3. The molecule has 0 saturated carbocycles. The molecule has 31 heavy (non-hydrogen) atoms. The van der Waals surface area contributed by atoms with Crippen LogP contribution in [0.2, 0.25) is 0 Å². The van der Waals surface area contributed by atoms with Gasteiger partial charge in [-0.1, -0.05) is 101 Å². The molecule has 2 rings (SSSR count). The number of hydrogen-bond acceptors (Lipinski definition) is 0. The Hall–Kier alpha value is -2.48. The maximum absolute atomic E-state index is 10.3. The quantitative estimate of drug-likeness (QED) is 0.416. The van der Waals surface area contributed by atoms with Crippen LogP contribution in [0.3, 0.4) is 0 Å². The van der Waals surface area contributed by atoms with Crippen molar-refractivity contribution in [1.82, 2.24) is 0 Å². The number of alkyl halides is 2. The largest absolute Gasteiger partial charge is 0.235 e. The number of benzene rings is 2. The highest BCUT2D eigenvalue weighted by molar-refractivity contribution is 5.68. The van der Waals surface area contributed by atoms with Crippen LogP contribution in [0.4, 0.5) is 8.78 Å². The van der Waals surface area contributed by atoms with E-state index in [1.807, 2.05) is 19.9 Å². The SMILES string of the molecule is C=C/C=C\c1cc(/C(C)=C\CC)ccc1C.CC.CC(F)F.CCc1cccc(C)c1. The molecule has 2 heteroatoms. The number of hydrogen-bond donors (Lipinski definition) is 0. The third-order valence-corrected chi connectivity index (χ3v) is 4.15. The van der Waals surface area contributed by atoms with Crippen molar-refractivity contribution in [2.75, 3.05) is 0 Å². The Labute approximate surface area is 190 Å². The summed E-state index contributed by atoms with van der Waals surface area (Å²) in [7, 11) is 0. The van der Waals surface area contributed by atoms with Gasteiger partial charge in [0.25, 0.3) is 0 Å². The average Bonchev–Trinajstić information content (AvgIpc) is 2.75. The highest BCUT2D eigenvalue weighted by atomic mass is 19.3. The molecule has 0 aliphatic rings. The van der Waals surface area contributed by atoms with E-state index in [-0.39, 0.29) is 0 Å². The Morgan fingerprint density at radius 1 is 1.03 bits per heavy atom. The standard InChI is InChI=1S/C16H20.C9H12.C2H4F2.C2H6/c1-5-7-9-15-12-16(11-10-14(15)4)13(3)8-6-2;1-3-9-6-4-5-8(2)7-9;1-2(3)4;1-2/h5,7-12H,1,6H2,2-4H3;4-7H,3H2,1-2H3;2H,1H3;1-2H3/b9-7-,13-8-;;;. The van der Waals surface area contributed by atoms with E-state index in [1.165, 1.54) is 33.4 Å². The average molecular weight is 429 g/mol. The molecule has 0 bridgehead atoms. The minimum absolute atomic E-state index is 0.833. The number of rotatable bonds is 5. The first-order valence-corrected chi connectivity index (χ1v) is 11.2. The van der Waals surface area contributed by atoms with E-state index >= 15 is 0 Å². The highest BCUT2D eigenvalue weighted by Gasteiger charge is 1.99. The molecule has 0 spiro atoms. The third kappa shape index (κ3) is 16.0. The van der Waals surface area contributed by atoms with Gasteiger partial charge in [-0.2, -0.15) is 0 Å². The van der Waals surface area contributed by atoms with Gasteiger partial charge in [-0.25, -0.2) is 8.78 Å². The van der Waals surface area contributed by atoms with Gasteiger partial charge in [0.2, 0.25) is 6.43 Å². The van der Waals surface area contributed by atoms with Gasteiger partial charge in [0.15, 0.2) is 0 Å². The highest BCUT2D eigenvalue weighted by Crippen LogP contribution is 2.19. The lowest BCUT2D eigenvalue weighted by Crippen LogP contribution is -1.85. The van der Waals surface area contributed by atoms with Crippen molar-refractivity contribution in [1.29, 1.82) is 0 Å². The molecule has 2 aromatic carbocycles. The topological polar surface area (TPSA) is 0 Å². The van der Waals surface area contributed by atoms with Crippen LogP contribution in [0.15, 0.2) is 67.3 Å². The second kappa shape index (κ2) is 19.5. The minimum atomic E-state index is -2.17. The first-order valence-electron chi connectivity index (χ1n) is 11.2. The first kappa shape index (κ1) is 30.7. The van der Waals surface area contributed by atoms with Crippen LogP contribution < -0.4 is 0 Å². The Morgan fingerprint density at radius 3 is 2.10 bits per heavy atom. The molecule has 0 atom stereocenters. The van der Waals surface area contributed by atoms with Crippen molar-refractivity contribution in [2.24, 2.45) is 0 Å². The van der Waals surface area contributed by atoms with Crippen LogP contribution in [-0.2, 0) is 6.42 Å². The molecular formula is C29H42F2. The predicted molar refractivity (Wildman–Crippen MR) is 138 cm³/mol. The van der Waals surface area contributed by atoms with Crippen molar-refractivity contribution in [3.05, 3.63) is 95.1 Å². The summed E-state index contributed by atoms with van der Waals surface area (Å²) < 4.78 is 20.7. The van der Waals surface area contributed by atoms with E-state index in [2.05, 4.69) is 95.8 Å². The molecule has 0 aliphatic carbocycles. The van der Waals surface area contributed by atoms with Gasteiger partial charge in [0.05, 0.1) is 0 Å². The van der Waals surface area contributed by atoms with Gasteiger partial charge in [-0.15, -0.1) is 0 Å². The van der Waals surface area contributed by atoms with Crippen LogP contribution in [0.5, 0.6) is 0 Å². The van der Waals surface area contributed by atoms with Gasteiger partial charge in [0, 0.05) is 0 Å². The smallest absolute Gasteiger partial charge is 0.211 e. The summed E-state index contributed by atoms with van der Waals surface area (Å²) >= 11 is 0. The molecule has 0 N–H and O–H groups in total. The summed E-state index contributed by atoms with van der Waals surface area (Å²) in [6, 6.07) is 15.2. The van der Waals surface area contributed by atoms with Gasteiger partial charge in [0.1, 0.15) is 0 Å². The van der Waals surface area contributed by atoms with Crippen molar-refractivity contribution < 1.29 is 8.78 Å². The van der Waals surface area contributed by atoms with Crippen molar-refractivity contribution in [2.45, 2.75) is 74.7 Å². The van der Waals surface area contributed by atoms with Crippen LogP contribution in [0, 0.1) is 13.8 Å². The summed E-state index contributed by atoms with van der Waals surface area (Å²) in [5.74, 6) is 0. The van der Waals surface area contributed by atoms with E-state index in [9.17, 15) is 8.78 Å². The van der Waals surface area contributed by atoms with Gasteiger partial charge in [-0.05, 0) is 74.4 Å². The zero-order chi connectivity index (χ0) is 24.2. The second-order valence-corrected chi connectivity index (χ2v) is 6.82. The predicted octanol–water partition coefficient (Wildman–Crippen LogP) is 9.86. The second-order valence-electron chi connectivity index (χ2n) is 6.82. The number of aryl methyl sites for hydroxylation is 3. The van der Waals surface area contributed by atoms with Crippen LogP contribution in [0.1, 0.15) is 75.8 Å². The van der Waals surface area contributed by atoms with Crippen LogP contribution >= 0.6 is 0 Å². The summed E-state index contributed by atoms with van der Waals surface area (Å²) in [4.78, 5) is 0. The fourth-order valence-corrected chi connectivity index (χ4v) is 2.59. The summed E-state index contributed by atoms with van der Waals surface area (Å²) in [6.45, 7) is 19.3. The normalized spacial score (nSPS) is 10.4. The summed E-state index contributed by atoms with van der Waals surface area (Å²) in [6.07, 6.45) is 8.20. The Morgan fingerprint density at radius 2 is 1.65 bits per heavy atom. The molecule has 0 aromatic heterocycles. The lowest BCUT2D eigenvalue weighted by atomic mass is 10.00. The van der Waals surface area contributed by atoms with E-state index in [0.29, 0.717) is 0 Å². The molecule has 0 amide bonds. The van der Waals surface area contributed by atoms with E-state index in [4.69, 9.17) is 0 Å². The summed E-state index contributed by atoms with van der Waals surface area (Å²) in [5.41, 5.74) is 7.99. The third-order valence-electron chi connectivity index (χ3n) is 4.15. The number of halogens is 2. The lowest BCUT2D eigenvalue weighted by Gasteiger charge is -2.06. The van der Waals surface area contributed by atoms with Crippen LogP contribution in [0.25, 0.3) is 11.6 Å². The molecule has 0 fully saturated rings. The minimum Gasteiger partial charge on any atom is -0.211 e. The van der Waals surface area contributed by atoms with Crippen LogP contribution in [-0.4, -0.2) is 6.43 Å². The molecular weight excluding hydrogens is 386 g/mol. The maximum Gasteiger partial charge on any atom is 0.235 e. The lowest BCUT2D eigenvalue weighted by molar-refractivity contribution is 0.171. The van der Waals surface area contributed by atoms with Crippen molar-refractivity contribution >= 4 is 11.6 Å². The van der Waals surface area contributed by atoms with Crippen molar-refractivity contribution in [3.8, 4) is 0 Å². The summed E-state index contributed by atoms with van der Waals surface area (Å²) in [5, 5.41) is 0. The fourth-order valence-electron chi connectivity index (χ4n) is 2.59. The molecule has 0 saturated heterocycles. The fraction of sp³-hybridized carbons (Fsp3) is 0.379. The molecule has 0 aliphatic heterocycles. The van der Waals surface area contributed by atoms with E-state index < -0.39 is 6.43 Å². The number of allylic oxidation sites excluding steroid dienone is 4. The van der Waals surface area contributed by atoms with Gasteiger partial charge in [-0.3, -0.25) is 0 Å². The molecule has 0 nitrogen and oxygen atoms in total. The molecule has 2 aromatic rings.